The average molecular weight is 703 g/mol. The number of nitrogens with zero attached hydrogens (tertiary/aromatic N) is 8. The van der Waals surface area contributed by atoms with Gasteiger partial charge in [0.15, 0.2) is 5.65 Å². The van der Waals surface area contributed by atoms with Crippen LogP contribution in [0.2, 0.25) is 0 Å². The molecule has 15 nitrogen and oxygen atoms in total. The van der Waals surface area contributed by atoms with Crippen LogP contribution in [0.3, 0.4) is 0 Å². The number of aryl methyl sites for hydroxylation is 1. The van der Waals surface area contributed by atoms with Gasteiger partial charge in [0.05, 0.1) is 49.7 Å². The minimum atomic E-state index is -3.55. The molecule has 0 bridgehead atoms. The molecule has 1 aliphatic carbocycles. The number of fused-ring (bicyclic) bond motifs is 2. The summed E-state index contributed by atoms with van der Waals surface area (Å²) in [5.41, 5.74) is 4.23. The molecule has 0 spiro atoms. The Kier molecular flexibility index (Phi) is 9.46. The van der Waals surface area contributed by atoms with E-state index in [1.54, 1.807) is 21.8 Å². The SMILES string of the molecule is CCc1cc(NC(=O)N[C@H]2CCC(Oc3ccc4nnc(N5CCCC[C@@H]5C)n4c3)c3ccccc32)n(-c2cnn(CCOS(C)(=O)=O)c2)n1. The predicted octanol–water partition coefficient (Wildman–Crippen LogP) is 4.81. The Morgan fingerprint density at radius 2 is 1.88 bits per heavy atom. The van der Waals surface area contributed by atoms with Crippen LogP contribution in [0.15, 0.2) is 61.1 Å². The summed E-state index contributed by atoms with van der Waals surface area (Å²) in [5.74, 6) is 2.06. The summed E-state index contributed by atoms with van der Waals surface area (Å²) in [6.07, 6.45) is 11.7. The van der Waals surface area contributed by atoms with Crippen LogP contribution in [0.4, 0.5) is 16.6 Å². The Morgan fingerprint density at radius 3 is 2.68 bits per heavy atom. The van der Waals surface area contributed by atoms with Crippen molar-refractivity contribution in [1.29, 1.82) is 0 Å². The zero-order valence-corrected chi connectivity index (χ0v) is 29.2. The number of rotatable bonds is 11. The number of aromatic nitrogens is 7. The Hall–Kier alpha value is -4.96. The first-order valence-corrected chi connectivity index (χ1v) is 18.9. The molecule has 3 atom stereocenters. The van der Waals surface area contributed by atoms with Crippen molar-refractivity contribution in [2.45, 2.75) is 77.1 Å². The number of piperidine rings is 1. The van der Waals surface area contributed by atoms with E-state index in [0.717, 1.165) is 59.8 Å². The van der Waals surface area contributed by atoms with Crippen molar-refractivity contribution in [3.05, 3.63) is 77.9 Å². The summed E-state index contributed by atoms with van der Waals surface area (Å²) in [6, 6.07) is 13.6. The van der Waals surface area contributed by atoms with Crippen LogP contribution in [0.1, 0.15) is 74.9 Å². The normalized spacial score (nSPS) is 19.3. The molecule has 2 aliphatic rings. The van der Waals surface area contributed by atoms with Gasteiger partial charge >= 0.3 is 6.03 Å². The van der Waals surface area contributed by atoms with E-state index in [9.17, 15) is 13.2 Å². The van der Waals surface area contributed by atoms with Gasteiger partial charge in [0.1, 0.15) is 23.4 Å². The summed E-state index contributed by atoms with van der Waals surface area (Å²) >= 11 is 0. The molecule has 0 radical (unpaired) electrons. The zero-order valence-electron chi connectivity index (χ0n) is 28.4. The number of carbonyl (C=O) groups is 1. The van der Waals surface area contributed by atoms with Crippen LogP contribution in [0.5, 0.6) is 5.75 Å². The molecule has 1 aliphatic heterocycles. The molecule has 50 heavy (non-hydrogen) atoms. The van der Waals surface area contributed by atoms with E-state index in [0.29, 0.717) is 36.8 Å². The van der Waals surface area contributed by atoms with Gasteiger partial charge < -0.3 is 15.0 Å². The molecule has 5 heterocycles. The van der Waals surface area contributed by atoms with Crippen LogP contribution in [-0.2, 0) is 27.3 Å². The number of hydrogen-bond acceptors (Lipinski definition) is 10. The molecule has 1 saturated heterocycles. The Balaban J connectivity index is 1.04. The highest BCUT2D eigenvalue weighted by Gasteiger charge is 2.30. The fourth-order valence-electron chi connectivity index (χ4n) is 6.77. The van der Waals surface area contributed by atoms with Gasteiger partial charge in [-0.15, -0.1) is 10.2 Å². The highest BCUT2D eigenvalue weighted by atomic mass is 32.2. The first-order valence-electron chi connectivity index (χ1n) is 17.1. The molecular formula is C34H42N10O5S. The number of ether oxygens (including phenoxy) is 1. The summed E-state index contributed by atoms with van der Waals surface area (Å²) in [6.45, 7) is 5.37. The number of carbonyl (C=O) groups excluding carboxylic acids is 1. The Morgan fingerprint density at radius 1 is 1.04 bits per heavy atom. The van der Waals surface area contributed by atoms with E-state index >= 15 is 0 Å². The van der Waals surface area contributed by atoms with Crippen molar-refractivity contribution in [1.82, 2.24) is 39.5 Å². The molecule has 0 saturated carbocycles. The summed E-state index contributed by atoms with van der Waals surface area (Å²) in [4.78, 5) is 15.8. The van der Waals surface area contributed by atoms with E-state index in [-0.39, 0.29) is 31.3 Å². The minimum Gasteiger partial charge on any atom is -0.484 e. The molecule has 4 aromatic heterocycles. The molecule has 1 fully saturated rings. The van der Waals surface area contributed by atoms with Gasteiger partial charge in [-0.3, -0.25) is 18.6 Å². The smallest absolute Gasteiger partial charge is 0.320 e. The van der Waals surface area contributed by atoms with Gasteiger partial charge in [0, 0.05) is 18.7 Å². The lowest BCUT2D eigenvalue weighted by Crippen LogP contribution is -2.38. The molecule has 1 aromatic carbocycles. The first kappa shape index (κ1) is 33.5. The molecule has 7 rings (SSSR count). The Labute approximate surface area is 290 Å². The molecular weight excluding hydrogens is 661 g/mol. The fourth-order valence-corrected chi connectivity index (χ4v) is 7.15. The summed E-state index contributed by atoms with van der Waals surface area (Å²) < 4.78 is 39.3. The number of nitrogens with one attached hydrogen (secondary N) is 2. The van der Waals surface area contributed by atoms with E-state index in [1.807, 2.05) is 53.9 Å². The number of urea groups is 1. The number of pyridine rings is 1. The lowest BCUT2D eigenvalue weighted by atomic mass is 9.85. The maximum atomic E-state index is 13.5. The van der Waals surface area contributed by atoms with Crippen LogP contribution in [-0.4, -0.2) is 74.1 Å². The molecule has 16 heteroatoms. The maximum absolute atomic E-state index is 13.5. The van der Waals surface area contributed by atoms with Crippen molar-refractivity contribution >= 4 is 33.6 Å². The summed E-state index contributed by atoms with van der Waals surface area (Å²) in [7, 11) is -3.55. The molecule has 264 valence electrons. The standard InChI is InChI=1S/C34H42N10O5S/c1-4-24-19-32(44(40-24)25-20-35-41(21-25)17-18-48-50(3,46)47)37-33(45)36-29-13-14-30(28-11-6-5-10-27(28)29)49-26-12-15-31-38-39-34(43(31)22-26)42-16-8-7-9-23(42)2/h5-6,10-12,15,19-23,29-30H,4,7-9,13-14,16-18H2,1-3H3,(H2,36,37,45)/t23-,29-,30?/m0/s1. The van der Waals surface area contributed by atoms with E-state index in [2.05, 4.69) is 48.9 Å². The third-order valence-electron chi connectivity index (χ3n) is 9.28. The lowest BCUT2D eigenvalue weighted by molar-refractivity contribution is 0.171. The quantitative estimate of drug-likeness (QED) is 0.183. The maximum Gasteiger partial charge on any atom is 0.320 e. The van der Waals surface area contributed by atoms with E-state index in [1.165, 1.54) is 6.42 Å². The second-order valence-corrected chi connectivity index (χ2v) is 14.5. The zero-order chi connectivity index (χ0) is 34.8. The largest absolute Gasteiger partial charge is 0.484 e. The monoisotopic (exact) mass is 702 g/mol. The molecule has 1 unspecified atom stereocenters. The molecule has 2 amide bonds. The van der Waals surface area contributed by atoms with E-state index < -0.39 is 10.1 Å². The van der Waals surface area contributed by atoms with Gasteiger partial charge in [-0.1, -0.05) is 31.2 Å². The van der Waals surface area contributed by atoms with Crippen LogP contribution in [0.25, 0.3) is 11.3 Å². The number of hydrogen-bond donors (Lipinski definition) is 2. The van der Waals surface area contributed by atoms with Gasteiger partial charge in [0.25, 0.3) is 10.1 Å². The topological polar surface area (TPSA) is 163 Å². The number of amides is 2. The van der Waals surface area contributed by atoms with Crippen molar-refractivity contribution in [2.24, 2.45) is 0 Å². The second-order valence-electron chi connectivity index (χ2n) is 12.9. The highest BCUT2D eigenvalue weighted by Crippen LogP contribution is 2.39. The van der Waals surface area contributed by atoms with Crippen molar-refractivity contribution in [3.8, 4) is 11.4 Å². The van der Waals surface area contributed by atoms with Crippen molar-refractivity contribution < 1.29 is 22.1 Å². The van der Waals surface area contributed by atoms with Crippen LogP contribution in [0, 0.1) is 0 Å². The molecule has 5 aromatic rings. The average Bonchev–Trinajstić information content (AvgIpc) is 3.84. The van der Waals surface area contributed by atoms with Crippen LogP contribution < -0.4 is 20.3 Å². The van der Waals surface area contributed by atoms with Crippen LogP contribution >= 0.6 is 0 Å². The predicted molar refractivity (Wildman–Crippen MR) is 187 cm³/mol. The van der Waals surface area contributed by atoms with Gasteiger partial charge in [-0.25, -0.2) is 9.48 Å². The van der Waals surface area contributed by atoms with E-state index in [4.69, 9.17) is 8.92 Å². The second kappa shape index (κ2) is 14.1. The van der Waals surface area contributed by atoms with Gasteiger partial charge in [-0.2, -0.15) is 18.6 Å². The third-order valence-corrected chi connectivity index (χ3v) is 9.88. The van der Waals surface area contributed by atoms with Crippen molar-refractivity contribution in [3.63, 3.8) is 0 Å². The van der Waals surface area contributed by atoms with Gasteiger partial charge in [0.2, 0.25) is 5.95 Å². The Bertz CT molecular complexity index is 2090. The lowest BCUT2D eigenvalue weighted by Gasteiger charge is -2.33. The summed E-state index contributed by atoms with van der Waals surface area (Å²) in [5, 5.41) is 24.0. The first-order chi connectivity index (χ1) is 24.1. The number of benzene rings is 1. The highest BCUT2D eigenvalue weighted by molar-refractivity contribution is 7.85. The number of anilines is 2. The minimum absolute atomic E-state index is 0.0438. The van der Waals surface area contributed by atoms with Gasteiger partial charge in [-0.05, 0) is 68.7 Å². The van der Waals surface area contributed by atoms with Crippen molar-refractivity contribution in [2.75, 3.05) is 29.6 Å². The molecule has 2 N–H and O–H groups in total. The third kappa shape index (κ3) is 7.31. The fraction of sp³-hybridized carbons (Fsp3) is 0.441.